The molecule has 1 aliphatic rings. The lowest BCUT2D eigenvalue weighted by Crippen LogP contribution is -2.03. The molecule has 0 atom stereocenters. The van der Waals surface area contributed by atoms with Crippen molar-refractivity contribution in [2.45, 2.75) is 38.6 Å². The lowest BCUT2D eigenvalue weighted by Gasteiger charge is -2.08. The minimum Gasteiger partial charge on any atom is -0.367 e. The third-order valence-corrected chi connectivity index (χ3v) is 2.38. The third kappa shape index (κ3) is 2.20. The molecule has 2 rings (SSSR count). The van der Waals surface area contributed by atoms with Gasteiger partial charge in [-0.25, -0.2) is 4.98 Å². The van der Waals surface area contributed by atoms with Crippen molar-refractivity contribution >= 4 is 5.82 Å². The van der Waals surface area contributed by atoms with E-state index in [1.807, 2.05) is 6.20 Å². The molecular weight excluding hydrogens is 160 g/mol. The highest BCUT2D eigenvalue weighted by Gasteiger charge is 2.21. The van der Waals surface area contributed by atoms with Crippen molar-refractivity contribution in [1.29, 1.82) is 0 Å². The second kappa shape index (κ2) is 3.36. The number of hydrogen-bond donors (Lipinski definition) is 1. The van der Waals surface area contributed by atoms with E-state index in [0.717, 1.165) is 5.82 Å². The van der Waals surface area contributed by atoms with Crippen LogP contribution in [0.4, 0.5) is 5.82 Å². The molecule has 0 spiro atoms. The Kier molecular flexibility index (Phi) is 2.21. The van der Waals surface area contributed by atoms with Crippen LogP contribution in [0.3, 0.4) is 0 Å². The molecule has 70 valence electrons. The van der Waals surface area contributed by atoms with Crippen LogP contribution >= 0.6 is 0 Å². The quantitative estimate of drug-likeness (QED) is 0.766. The molecule has 1 aromatic heterocycles. The van der Waals surface area contributed by atoms with Crippen LogP contribution in [0.1, 0.15) is 38.2 Å². The maximum atomic E-state index is 4.29. The minimum absolute atomic E-state index is 0.586. The van der Waals surface area contributed by atoms with Gasteiger partial charge in [0.25, 0.3) is 0 Å². The van der Waals surface area contributed by atoms with E-state index in [-0.39, 0.29) is 0 Å². The zero-order valence-corrected chi connectivity index (χ0v) is 8.25. The zero-order chi connectivity index (χ0) is 9.26. The Morgan fingerprint density at radius 1 is 1.46 bits per heavy atom. The Bertz CT molecular complexity index is 290. The first-order valence-electron chi connectivity index (χ1n) is 4.98. The highest BCUT2D eigenvalue weighted by molar-refractivity contribution is 5.40. The molecule has 0 amide bonds. The number of aromatic nitrogens is 1. The van der Waals surface area contributed by atoms with Crippen LogP contribution in [0.25, 0.3) is 0 Å². The average Bonchev–Trinajstić information content (AvgIpc) is 2.89. The largest absolute Gasteiger partial charge is 0.367 e. The molecule has 2 heteroatoms. The summed E-state index contributed by atoms with van der Waals surface area (Å²) in [6.07, 6.45) is 4.49. The molecular formula is C11H16N2. The van der Waals surface area contributed by atoms with E-state index in [2.05, 4.69) is 36.3 Å². The highest BCUT2D eigenvalue weighted by Crippen LogP contribution is 2.24. The Morgan fingerprint density at radius 2 is 2.23 bits per heavy atom. The molecule has 0 radical (unpaired) electrons. The van der Waals surface area contributed by atoms with Crippen LogP contribution in [-0.4, -0.2) is 11.0 Å². The summed E-state index contributed by atoms with van der Waals surface area (Å²) < 4.78 is 0. The molecule has 0 saturated heterocycles. The van der Waals surface area contributed by atoms with Gasteiger partial charge >= 0.3 is 0 Å². The van der Waals surface area contributed by atoms with E-state index < -0.39 is 0 Å². The smallest absolute Gasteiger partial charge is 0.126 e. The monoisotopic (exact) mass is 176 g/mol. The van der Waals surface area contributed by atoms with Crippen LogP contribution in [-0.2, 0) is 0 Å². The van der Waals surface area contributed by atoms with Gasteiger partial charge in [0, 0.05) is 12.2 Å². The maximum absolute atomic E-state index is 4.29. The van der Waals surface area contributed by atoms with Gasteiger partial charge in [-0.05, 0) is 36.5 Å². The standard InChI is InChI=1S/C11H16N2/c1-8(2)9-5-6-12-11(7-9)13-10-3-4-10/h5-8,10H,3-4H2,1-2H3,(H,12,13). The molecule has 1 aromatic rings. The maximum Gasteiger partial charge on any atom is 0.126 e. The minimum atomic E-state index is 0.586. The lowest BCUT2D eigenvalue weighted by molar-refractivity contribution is 0.862. The van der Waals surface area contributed by atoms with Crippen molar-refractivity contribution in [3.8, 4) is 0 Å². The fraction of sp³-hybridized carbons (Fsp3) is 0.545. The first-order chi connectivity index (χ1) is 6.25. The predicted octanol–water partition coefficient (Wildman–Crippen LogP) is 2.78. The van der Waals surface area contributed by atoms with E-state index in [0.29, 0.717) is 12.0 Å². The second-order valence-electron chi connectivity index (χ2n) is 4.05. The molecule has 0 unspecified atom stereocenters. The topological polar surface area (TPSA) is 24.9 Å². The van der Waals surface area contributed by atoms with Gasteiger partial charge in [-0.3, -0.25) is 0 Å². The summed E-state index contributed by atoms with van der Waals surface area (Å²) in [5.41, 5.74) is 1.36. The number of nitrogens with zero attached hydrogens (tertiary/aromatic N) is 1. The molecule has 13 heavy (non-hydrogen) atoms. The van der Waals surface area contributed by atoms with Crippen LogP contribution in [0, 0.1) is 0 Å². The molecule has 1 heterocycles. The van der Waals surface area contributed by atoms with Gasteiger partial charge in [0.05, 0.1) is 0 Å². The van der Waals surface area contributed by atoms with Gasteiger partial charge in [0.15, 0.2) is 0 Å². The number of nitrogens with one attached hydrogen (secondary N) is 1. The van der Waals surface area contributed by atoms with Crippen molar-refractivity contribution in [3.05, 3.63) is 23.9 Å². The summed E-state index contributed by atoms with van der Waals surface area (Å²) >= 11 is 0. The van der Waals surface area contributed by atoms with E-state index in [1.54, 1.807) is 0 Å². The van der Waals surface area contributed by atoms with Gasteiger partial charge in [0.2, 0.25) is 0 Å². The molecule has 0 aromatic carbocycles. The zero-order valence-electron chi connectivity index (χ0n) is 8.25. The number of rotatable bonds is 3. The Morgan fingerprint density at radius 3 is 2.85 bits per heavy atom. The van der Waals surface area contributed by atoms with E-state index in [1.165, 1.54) is 18.4 Å². The summed E-state index contributed by atoms with van der Waals surface area (Å²) in [5.74, 6) is 1.62. The van der Waals surface area contributed by atoms with Gasteiger partial charge in [-0.15, -0.1) is 0 Å². The van der Waals surface area contributed by atoms with Crippen LogP contribution in [0.2, 0.25) is 0 Å². The predicted molar refractivity (Wildman–Crippen MR) is 55.0 cm³/mol. The van der Waals surface area contributed by atoms with E-state index >= 15 is 0 Å². The normalized spacial score (nSPS) is 16.2. The van der Waals surface area contributed by atoms with E-state index in [9.17, 15) is 0 Å². The Hall–Kier alpha value is -1.05. The van der Waals surface area contributed by atoms with Gasteiger partial charge in [-0.1, -0.05) is 13.8 Å². The summed E-state index contributed by atoms with van der Waals surface area (Å²) in [7, 11) is 0. The van der Waals surface area contributed by atoms with Crippen molar-refractivity contribution in [1.82, 2.24) is 4.98 Å². The van der Waals surface area contributed by atoms with Crippen molar-refractivity contribution in [2.75, 3.05) is 5.32 Å². The van der Waals surface area contributed by atoms with Gasteiger partial charge in [0.1, 0.15) is 5.82 Å². The lowest BCUT2D eigenvalue weighted by atomic mass is 10.1. The molecule has 1 fully saturated rings. The second-order valence-corrected chi connectivity index (χ2v) is 4.05. The number of anilines is 1. The van der Waals surface area contributed by atoms with Crippen LogP contribution in [0.5, 0.6) is 0 Å². The fourth-order valence-electron chi connectivity index (χ4n) is 1.32. The van der Waals surface area contributed by atoms with Gasteiger partial charge in [-0.2, -0.15) is 0 Å². The highest BCUT2D eigenvalue weighted by atomic mass is 15.0. The number of hydrogen-bond acceptors (Lipinski definition) is 2. The van der Waals surface area contributed by atoms with Crippen molar-refractivity contribution < 1.29 is 0 Å². The van der Waals surface area contributed by atoms with Crippen molar-refractivity contribution in [3.63, 3.8) is 0 Å². The van der Waals surface area contributed by atoms with Crippen LogP contribution < -0.4 is 5.32 Å². The summed E-state index contributed by atoms with van der Waals surface area (Å²) in [6.45, 7) is 4.41. The van der Waals surface area contributed by atoms with Crippen LogP contribution in [0.15, 0.2) is 18.3 Å². The molecule has 2 nitrogen and oxygen atoms in total. The van der Waals surface area contributed by atoms with Gasteiger partial charge < -0.3 is 5.32 Å². The molecule has 1 N–H and O–H groups in total. The third-order valence-electron chi connectivity index (χ3n) is 2.38. The molecule has 1 saturated carbocycles. The molecule has 0 aliphatic heterocycles. The SMILES string of the molecule is CC(C)c1ccnc(NC2CC2)c1. The van der Waals surface area contributed by atoms with Crippen molar-refractivity contribution in [2.24, 2.45) is 0 Å². The molecule has 1 aliphatic carbocycles. The van der Waals surface area contributed by atoms with E-state index in [4.69, 9.17) is 0 Å². The summed E-state index contributed by atoms with van der Waals surface area (Å²) in [5, 5.41) is 3.40. The average molecular weight is 176 g/mol. The Labute approximate surface area is 79.4 Å². The first-order valence-corrected chi connectivity index (χ1v) is 4.98. The fourth-order valence-corrected chi connectivity index (χ4v) is 1.32. The molecule has 0 bridgehead atoms. The number of pyridine rings is 1. The first kappa shape index (κ1) is 8.54. The Balaban J connectivity index is 2.11. The summed E-state index contributed by atoms with van der Waals surface area (Å²) in [6, 6.07) is 4.93. The summed E-state index contributed by atoms with van der Waals surface area (Å²) in [4.78, 5) is 4.29.